The lowest BCUT2D eigenvalue weighted by atomic mass is 10.1. The summed E-state index contributed by atoms with van der Waals surface area (Å²) in [6.07, 6.45) is 3.57. The molecule has 0 amide bonds. The van der Waals surface area contributed by atoms with Crippen molar-refractivity contribution in [2.75, 3.05) is 31.1 Å². The number of hydrogen-bond donors (Lipinski definition) is 0. The zero-order valence-electron chi connectivity index (χ0n) is 17.7. The quantitative estimate of drug-likeness (QED) is 0.432. The molecule has 1 aromatic heterocycles. The molecule has 170 valence electrons. The lowest BCUT2D eigenvalue weighted by Gasteiger charge is -2.38. The van der Waals surface area contributed by atoms with Crippen molar-refractivity contribution in [3.05, 3.63) is 86.5 Å². The molecule has 1 aliphatic heterocycles. The van der Waals surface area contributed by atoms with E-state index >= 15 is 0 Å². The molecule has 0 N–H and O–H groups in total. The van der Waals surface area contributed by atoms with Crippen LogP contribution in [0.2, 0.25) is 0 Å². The predicted octanol–water partition coefficient (Wildman–Crippen LogP) is 4.35. The Hall–Kier alpha value is -3.59. The van der Waals surface area contributed by atoms with Gasteiger partial charge in [-0.15, -0.1) is 0 Å². The highest BCUT2D eigenvalue weighted by Crippen LogP contribution is 2.34. The molecule has 33 heavy (non-hydrogen) atoms. The normalized spacial score (nSPS) is 19.2. The van der Waals surface area contributed by atoms with Crippen LogP contribution >= 0.6 is 0 Å². The average molecular weight is 453 g/mol. The topological polar surface area (TPSA) is 79.8 Å². The third kappa shape index (κ3) is 4.11. The number of nitro groups is 1. The van der Waals surface area contributed by atoms with Crippen LogP contribution in [0.4, 0.5) is 20.2 Å². The number of non-ortho nitro benzene ring substituents is 1. The molecule has 2 aromatic carbocycles. The Morgan fingerprint density at radius 3 is 2.39 bits per heavy atom. The van der Waals surface area contributed by atoms with Crippen LogP contribution in [0.15, 0.2) is 57.8 Å². The highest BCUT2D eigenvalue weighted by Gasteiger charge is 2.28. The molecule has 0 saturated carbocycles. The zero-order chi connectivity index (χ0) is 23.1. The van der Waals surface area contributed by atoms with Gasteiger partial charge in [0.15, 0.2) is 0 Å². The molecule has 0 bridgehead atoms. The van der Waals surface area contributed by atoms with Gasteiger partial charge in [0.05, 0.1) is 21.8 Å². The largest absolute Gasteiger partial charge is 0.423 e. The predicted molar refractivity (Wildman–Crippen MR) is 120 cm³/mol. The van der Waals surface area contributed by atoms with Crippen molar-refractivity contribution in [1.29, 1.82) is 0 Å². The van der Waals surface area contributed by atoms with Crippen LogP contribution in [-0.2, 0) is 0 Å². The number of nitrogens with zero attached hydrogens (tertiary/aromatic N) is 3. The lowest BCUT2D eigenvalue weighted by Crippen LogP contribution is -2.49. The lowest BCUT2D eigenvalue weighted by molar-refractivity contribution is -0.383. The van der Waals surface area contributed by atoms with E-state index in [1.54, 1.807) is 12.1 Å². The van der Waals surface area contributed by atoms with Gasteiger partial charge in [-0.2, -0.15) is 0 Å². The highest BCUT2D eigenvalue weighted by molar-refractivity contribution is 5.91. The van der Waals surface area contributed by atoms with E-state index < -0.39 is 22.1 Å². The molecule has 1 atom stereocenters. The van der Waals surface area contributed by atoms with E-state index in [1.165, 1.54) is 18.2 Å². The minimum absolute atomic E-state index is 0.0740. The van der Waals surface area contributed by atoms with Crippen LogP contribution in [0.3, 0.4) is 0 Å². The van der Waals surface area contributed by atoms with Gasteiger partial charge >= 0.3 is 5.63 Å². The summed E-state index contributed by atoms with van der Waals surface area (Å²) in [5.74, 6) is -0.819. The Bertz CT molecular complexity index is 1310. The van der Waals surface area contributed by atoms with Crippen LogP contribution in [0.1, 0.15) is 18.6 Å². The number of anilines is 1. The van der Waals surface area contributed by atoms with Crippen LogP contribution in [0.5, 0.6) is 0 Å². The number of halogens is 2. The molecule has 1 fully saturated rings. The van der Waals surface area contributed by atoms with E-state index in [2.05, 4.69) is 9.80 Å². The van der Waals surface area contributed by atoms with Crippen molar-refractivity contribution < 1.29 is 18.1 Å². The first kappa shape index (κ1) is 21.3. The number of hydrogen-bond acceptors (Lipinski definition) is 6. The Balaban J connectivity index is 1.36. The van der Waals surface area contributed by atoms with Gasteiger partial charge < -0.3 is 9.32 Å². The van der Waals surface area contributed by atoms with Crippen molar-refractivity contribution in [2.45, 2.75) is 18.9 Å². The molecule has 5 rings (SSSR count). The molecular weight excluding hydrogens is 432 g/mol. The van der Waals surface area contributed by atoms with E-state index in [0.29, 0.717) is 6.42 Å². The first-order valence-electron chi connectivity index (χ1n) is 10.8. The first-order chi connectivity index (χ1) is 15.9. The van der Waals surface area contributed by atoms with Crippen LogP contribution in [0.25, 0.3) is 16.3 Å². The summed E-state index contributed by atoms with van der Waals surface area (Å²) in [5.41, 5.74) is 0.571. The summed E-state index contributed by atoms with van der Waals surface area (Å²) in [6, 6.07) is 9.90. The van der Waals surface area contributed by atoms with E-state index in [0.717, 1.165) is 56.0 Å². The molecule has 0 spiro atoms. The Labute approximate surface area is 187 Å². The molecule has 1 saturated heterocycles. The number of piperazine rings is 1. The van der Waals surface area contributed by atoms with Crippen LogP contribution < -0.4 is 10.5 Å². The molecule has 2 heterocycles. The van der Waals surface area contributed by atoms with Gasteiger partial charge in [0.2, 0.25) is 0 Å². The first-order valence-corrected chi connectivity index (χ1v) is 10.8. The molecule has 0 unspecified atom stereocenters. The number of nitro benzene ring substituents is 1. The summed E-state index contributed by atoms with van der Waals surface area (Å²) in [7, 11) is 0. The standard InChI is InChI=1S/C24H21F2N3O4/c25-16-2-5-18(6-3-16)27-7-9-28(10-8-27)19-4-1-15(11-19)23-14-20-21(24(30)33-23)12-17(26)13-22(20)29(31)32/h2-3,5-6,11-14,19H,1,4,7-10H2/t19-/m1/s1. The minimum atomic E-state index is -0.853. The number of rotatable bonds is 4. The maximum absolute atomic E-state index is 13.7. The highest BCUT2D eigenvalue weighted by atomic mass is 19.1. The summed E-state index contributed by atoms with van der Waals surface area (Å²) < 4.78 is 32.3. The third-order valence-electron chi connectivity index (χ3n) is 6.41. The zero-order valence-corrected chi connectivity index (χ0v) is 17.7. The van der Waals surface area contributed by atoms with E-state index in [1.807, 2.05) is 6.08 Å². The maximum atomic E-state index is 13.7. The molecule has 3 aromatic rings. The second-order valence-corrected chi connectivity index (χ2v) is 8.34. The second-order valence-electron chi connectivity index (χ2n) is 8.34. The summed E-state index contributed by atoms with van der Waals surface area (Å²) in [5, 5.41) is 11.3. The van der Waals surface area contributed by atoms with Crippen LogP contribution in [0, 0.1) is 21.7 Å². The fraction of sp³-hybridized carbons (Fsp3) is 0.292. The Morgan fingerprint density at radius 1 is 0.970 bits per heavy atom. The number of benzene rings is 2. The van der Waals surface area contributed by atoms with Crippen molar-refractivity contribution in [1.82, 2.24) is 4.90 Å². The SMILES string of the molecule is O=c1oc(C2=C[C@H](N3CCN(c4ccc(F)cc4)CC3)CC2)cc2c([N+](=O)[O-])cc(F)cc12. The van der Waals surface area contributed by atoms with Gasteiger partial charge in [0.25, 0.3) is 5.69 Å². The monoisotopic (exact) mass is 453 g/mol. The van der Waals surface area contributed by atoms with E-state index in [-0.39, 0.29) is 28.4 Å². The van der Waals surface area contributed by atoms with Crippen molar-refractivity contribution in [2.24, 2.45) is 0 Å². The smallest absolute Gasteiger partial charge is 0.344 e. The molecule has 7 nitrogen and oxygen atoms in total. The fourth-order valence-corrected chi connectivity index (χ4v) is 4.71. The summed E-state index contributed by atoms with van der Waals surface area (Å²) in [4.78, 5) is 27.7. The van der Waals surface area contributed by atoms with Gasteiger partial charge in [-0.1, -0.05) is 6.08 Å². The van der Waals surface area contributed by atoms with Crippen molar-refractivity contribution >= 4 is 27.7 Å². The molecular formula is C24H21F2N3O4. The number of allylic oxidation sites excluding steroid dienone is 1. The Morgan fingerprint density at radius 2 is 1.70 bits per heavy atom. The van der Waals surface area contributed by atoms with Gasteiger partial charge in [-0.05, 0) is 54.8 Å². The van der Waals surface area contributed by atoms with E-state index in [4.69, 9.17) is 4.42 Å². The number of fused-ring (bicyclic) bond motifs is 1. The second kappa shape index (κ2) is 8.40. The fourth-order valence-electron chi connectivity index (χ4n) is 4.71. The van der Waals surface area contributed by atoms with Crippen molar-refractivity contribution in [3.8, 4) is 0 Å². The van der Waals surface area contributed by atoms with Crippen molar-refractivity contribution in [3.63, 3.8) is 0 Å². The molecule has 9 heteroatoms. The van der Waals surface area contributed by atoms with E-state index in [9.17, 15) is 23.7 Å². The van der Waals surface area contributed by atoms with Gasteiger partial charge in [-0.3, -0.25) is 15.0 Å². The van der Waals surface area contributed by atoms with Gasteiger partial charge in [-0.25, -0.2) is 13.6 Å². The summed E-state index contributed by atoms with van der Waals surface area (Å²) >= 11 is 0. The third-order valence-corrected chi connectivity index (χ3v) is 6.41. The summed E-state index contributed by atoms with van der Waals surface area (Å²) in [6.45, 7) is 3.29. The molecule has 2 aliphatic rings. The maximum Gasteiger partial charge on any atom is 0.344 e. The van der Waals surface area contributed by atoms with Gasteiger partial charge in [0, 0.05) is 37.9 Å². The minimum Gasteiger partial charge on any atom is -0.423 e. The van der Waals surface area contributed by atoms with Crippen LogP contribution in [-0.4, -0.2) is 42.0 Å². The van der Waals surface area contributed by atoms with Gasteiger partial charge in [0.1, 0.15) is 17.4 Å². The molecule has 1 aliphatic carbocycles. The average Bonchev–Trinajstić information content (AvgIpc) is 3.30. The molecule has 0 radical (unpaired) electrons. The Kier molecular flexibility index (Phi) is 5.41.